The van der Waals surface area contributed by atoms with Crippen molar-refractivity contribution in [1.29, 1.82) is 0 Å². The Morgan fingerprint density at radius 2 is 2.05 bits per heavy atom. The van der Waals surface area contributed by atoms with Crippen LogP contribution >= 0.6 is 11.3 Å². The molecular weight excluding hydrogens is 273 g/mol. The maximum Gasteiger partial charge on any atom is 0.147 e. The number of hydrogen-bond donors (Lipinski definition) is 1. The molecule has 0 bridgehead atoms. The molecule has 1 aromatic heterocycles. The first-order chi connectivity index (χ1) is 9.69. The van der Waals surface area contributed by atoms with E-state index in [9.17, 15) is 4.39 Å². The van der Waals surface area contributed by atoms with E-state index in [0.29, 0.717) is 0 Å². The van der Waals surface area contributed by atoms with Gasteiger partial charge in [0, 0.05) is 12.0 Å². The molecule has 0 saturated heterocycles. The maximum absolute atomic E-state index is 13.4. The third kappa shape index (κ3) is 4.35. The average Bonchev–Trinajstić information content (AvgIpc) is 2.86. The molecule has 3 nitrogen and oxygen atoms in total. The Morgan fingerprint density at radius 1 is 1.20 bits per heavy atom. The quantitative estimate of drug-likeness (QED) is 0.793. The van der Waals surface area contributed by atoms with Gasteiger partial charge in [-0.15, -0.1) is 10.2 Å². The van der Waals surface area contributed by atoms with Gasteiger partial charge < -0.3 is 5.32 Å². The van der Waals surface area contributed by atoms with Gasteiger partial charge in [0.15, 0.2) is 0 Å². The third-order valence-corrected chi connectivity index (χ3v) is 3.96. The molecule has 0 aliphatic rings. The number of hydrogen-bond acceptors (Lipinski definition) is 4. The maximum atomic E-state index is 13.4. The van der Waals surface area contributed by atoms with E-state index in [0.717, 1.165) is 53.5 Å². The van der Waals surface area contributed by atoms with E-state index in [1.54, 1.807) is 11.3 Å². The first-order valence-electron chi connectivity index (χ1n) is 6.99. The highest BCUT2D eigenvalue weighted by atomic mass is 32.1. The molecule has 20 heavy (non-hydrogen) atoms. The molecule has 0 atom stereocenters. The standard InChI is InChI=1S/C15H20FN3S/c1-3-6-17-7-4-5-14-18-19-15(20-14)12-8-11(2)9-13(16)10-12/h8-10,17H,3-7H2,1-2H3. The Morgan fingerprint density at radius 3 is 2.80 bits per heavy atom. The van der Waals surface area contributed by atoms with Crippen LogP contribution in [0.2, 0.25) is 0 Å². The summed E-state index contributed by atoms with van der Waals surface area (Å²) in [6.07, 6.45) is 3.13. The summed E-state index contributed by atoms with van der Waals surface area (Å²) in [7, 11) is 0. The van der Waals surface area contributed by atoms with E-state index in [4.69, 9.17) is 0 Å². The zero-order chi connectivity index (χ0) is 14.4. The van der Waals surface area contributed by atoms with E-state index in [1.807, 2.05) is 13.0 Å². The van der Waals surface area contributed by atoms with Crippen molar-refractivity contribution in [3.05, 3.63) is 34.6 Å². The zero-order valence-electron chi connectivity index (χ0n) is 11.9. The Bertz CT molecular complexity index is 534. The van der Waals surface area contributed by atoms with Crippen molar-refractivity contribution in [2.24, 2.45) is 0 Å². The van der Waals surface area contributed by atoms with Crippen molar-refractivity contribution in [3.63, 3.8) is 0 Å². The molecule has 2 rings (SSSR count). The third-order valence-electron chi connectivity index (χ3n) is 2.93. The van der Waals surface area contributed by atoms with Crippen molar-refractivity contribution < 1.29 is 4.39 Å². The second-order valence-electron chi connectivity index (χ2n) is 4.87. The predicted molar refractivity (Wildman–Crippen MR) is 81.5 cm³/mol. The van der Waals surface area contributed by atoms with E-state index in [2.05, 4.69) is 22.4 Å². The summed E-state index contributed by atoms with van der Waals surface area (Å²) < 4.78 is 13.4. The van der Waals surface area contributed by atoms with Crippen LogP contribution in [0.15, 0.2) is 18.2 Å². The molecule has 0 aliphatic carbocycles. The molecule has 0 aliphatic heterocycles. The summed E-state index contributed by atoms with van der Waals surface area (Å²) in [5.74, 6) is -0.222. The first-order valence-corrected chi connectivity index (χ1v) is 7.81. The fraction of sp³-hybridized carbons (Fsp3) is 0.467. The molecule has 0 fully saturated rings. The number of nitrogens with one attached hydrogen (secondary N) is 1. The van der Waals surface area contributed by atoms with E-state index in [-0.39, 0.29) is 5.82 Å². The average molecular weight is 293 g/mol. The highest BCUT2D eigenvalue weighted by Gasteiger charge is 2.08. The fourth-order valence-corrected chi connectivity index (χ4v) is 2.87. The highest BCUT2D eigenvalue weighted by Crippen LogP contribution is 2.25. The minimum Gasteiger partial charge on any atom is -0.317 e. The molecule has 0 spiro atoms. The second-order valence-corrected chi connectivity index (χ2v) is 5.93. The zero-order valence-corrected chi connectivity index (χ0v) is 12.8. The van der Waals surface area contributed by atoms with Gasteiger partial charge in [-0.05, 0) is 56.6 Å². The van der Waals surface area contributed by atoms with Crippen LogP contribution in [-0.4, -0.2) is 23.3 Å². The van der Waals surface area contributed by atoms with Gasteiger partial charge in [-0.1, -0.05) is 18.3 Å². The van der Waals surface area contributed by atoms with Gasteiger partial charge in [-0.3, -0.25) is 0 Å². The summed E-state index contributed by atoms with van der Waals surface area (Å²) in [5, 5.41) is 13.5. The van der Waals surface area contributed by atoms with E-state index >= 15 is 0 Å². The monoisotopic (exact) mass is 293 g/mol. The Labute approximate surface area is 123 Å². The minimum atomic E-state index is -0.222. The van der Waals surface area contributed by atoms with E-state index in [1.165, 1.54) is 12.1 Å². The number of halogens is 1. The summed E-state index contributed by atoms with van der Waals surface area (Å²) in [6.45, 7) is 6.10. The Hall–Kier alpha value is -1.33. The molecular formula is C15H20FN3S. The largest absolute Gasteiger partial charge is 0.317 e. The van der Waals surface area contributed by atoms with Crippen LogP contribution in [0.5, 0.6) is 0 Å². The number of nitrogens with zero attached hydrogens (tertiary/aromatic N) is 2. The fourth-order valence-electron chi connectivity index (χ4n) is 2.00. The topological polar surface area (TPSA) is 37.8 Å². The molecule has 0 amide bonds. The SMILES string of the molecule is CCCNCCCc1nnc(-c2cc(C)cc(F)c2)s1. The van der Waals surface area contributed by atoms with Crippen LogP contribution in [0.1, 0.15) is 30.3 Å². The summed E-state index contributed by atoms with van der Waals surface area (Å²) in [6, 6.07) is 4.97. The predicted octanol–water partition coefficient (Wildman–Crippen LogP) is 3.58. The van der Waals surface area contributed by atoms with Crippen molar-refractivity contribution in [1.82, 2.24) is 15.5 Å². The van der Waals surface area contributed by atoms with Crippen LogP contribution in [0.3, 0.4) is 0 Å². The lowest BCUT2D eigenvalue weighted by atomic mass is 10.1. The highest BCUT2D eigenvalue weighted by molar-refractivity contribution is 7.14. The molecule has 0 saturated carbocycles. The van der Waals surface area contributed by atoms with Gasteiger partial charge in [-0.25, -0.2) is 4.39 Å². The molecule has 108 valence electrons. The number of rotatable bonds is 7. The van der Waals surface area contributed by atoms with Gasteiger partial charge >= 0.3 is 0 Å². The van der Waals surface area contributed by atoms with Crippen LogP contribution in [0.4, 0.5) is 4.39 Å². The number of benzene rings is 1. The lowest BCUT2D eigenvalue weighted by Crippen LogP contribution is -2.16. The minimum absolute atomic E-state index is 0.222. The Balaban J connectivity index is 1.94. The molecule has 0 unspecified atom stereocenters. The molecule has 5 heteroatoms. The number of aromatic nitrogens is 2. The first kappa shape index (κ1) is 15.1. The molecule has 0 radical (unpaired) electrons. The van der Waals surface area contributed by atoms with Gasteiger partial charge in [-0.2, -0.15) is 0 Å². The number of aryl methyl sites for hydroxylation is 2. The molecule has 1 aromatic carbocycles. The van der Waals surface area contributed by atoms with Gasteiger partial charge in [0.1, 0.15) is 15.8 Å². The van der Waals surface area contributed by atoms with Gasteiger partial charge in [0.05, 0.1) is 0 Å². The lowest BCUT2D eigenvalue weighted by Gasteiger charge is -2.00. The van der Waals surface area contributed by atoms with Crippen molar-refractivity contribution >= 4 is 11.3 Å². The van der Waals surface area contributed by atoms with Crippen LogP contribution < -0.4 is 5.32 Å². The van der Waals surface area contributed by atoms with Gasteiger partial charge in [0.25, 0.3) is 0 Å². The molecule has 1 heterocycles. The van der Waals surface area contributed by atoms with E-state index < -0.39 is 0 Å². The van der Waals surface area contributed by atoms with Crippen LogP contribution in [-0.2, 0) is 6.42 Å². The van der Waals surface area contributed by atoms with Crippen LogP contribution in [0, 0.1) is 12.7 Å². The Kier molecular flexibility index (Phi) is 5.61. The normalized spacial score (nSPS) is 10.9. The van der Waals surface area contributed by atoms with Crippen molar-refractivity contribution in [3.8, 4) is 10.6 Å². The molecule has 2 aromatic rings. The van der Waals surface area contributed by atoms with Crippen molar-refractivity contribution in [2.45, 2.75) is 33.1 Å². The summed E-state index contributed by atoms with van der Waals surface area (Å²) in [5.41, 5.74) is 1.72. The van der Waals surface area contributed by atoms with Gasteiger partial charge in [0.2, 0.25) is 0 Å². The summed E-state index contributed by atoms with van der Waals surface area (Å²) in [4.78, 5) is 0. The molecule has 1 N–H and O–H groups in total. The van der Waals surface area contributed by atoms with Crippen LogP contribution in [0.25, 0.3) is 10.6 Å². The van der Waals surface area contributed by atoms with Crippen molar-refractivity contribution in [2.75, 3.05) is 13.1 Å². The smallest absolute Gasteiger partial charge is 0.147 e. The lowest BCUT2D eigenvalue weighted by molar-refractivity contribution is 0.627. The summed E-state index contributed by atoms with van der Waals surface area (Å²) >= 11 is 1.55. The second kappa shape index (κ2) is 7.45.